The highest BCUT2D eigenvalue weighted by Gasteiger charge is 2.22. The third-order valence-electron chi connectivity index (χ3n) is 3.50. The average Bonchev–Trinajstić information content (AvgIpc) is 3.14. The maximum absolute atomic E-state index is 12.2. The number of furan rings is 1. The molecule has 0 unspecified atom stereocenters. The van der Waals surface area contributed by atoms with Crippen LogP contribution in [0.4, 0.5) is 0 Å². The molecule has 0 bridgehead atoms. The van der Waals surface area contributed by atoms with Crippen LogP contribution in [-0.2, 0) is 19.4 Å². The van der Waals surface area contributed by atoms with E-state index in [0.29, 0.717) is 5.76 Å². The quantitative estimate of drug-likeness (QED) is 0.754. The largest absolute Gasteiger partial charge is 0.467 e. The summed E-state index contributed by atoms with van der Waals surface area (Å²) in [6.07, 6.45) is 1.49. The van der Waals surface area contributed by atoms with Crippen molar-refractivity contribution in [3.8, 4) is 0 Å². The van der Waals surface area contributed by atoms with Gasteiger partial charge in [0.1, 0.15) is 5.76 Å². The fraction of sp³-hybridized carbons (Fsp3) is 0.294. The summed E-state index contributed by atoms with van der Waals surface area (Å²) >= 11 is 0. The summed E-state index contributed by atoms with van der Waals surface area (Å²) in [5, 5.41) is 2.62. The van der Waals surface area contributed by atoms with Crippen molar-refractivity contribution in [2.75, 3.05) is 12.4 Å². The van der Waals surface area contributed by atoms with E-state index in [0.717, 1.165) is 0 Å². The number of sulfone groups is 1. The van der Waals surface area contributed by atoms with E-state index in [1.54, 1.807) is 19.1 Å². The second-order valence-electron chi connectivity index (χ2n) is 5.28. The summed E-state index contributed by atoms with van der Waals surface area (Å²) in [6, 6.07) is 8.78. The topological polar surface area (TPSA) is 103 Å². The fourth-order valence-corrected chi connectivity index (χ4v) is 3.25. The Kier molecular flexibility index (Phi) is 5.97. The van der Waals surface area contributed by atoms with Crippen LogP contribution < -0.4 is 5.32 Å². The highest BCUT2D eigenvalue weighted by atomic mass is 32.2. The number of amides is 1. The number of hydrogen-bond donors (Lipinski definition) is 1. The first kappa shape index (κ1) is 18.7. The van der Waals surface area contributed by atoms with Gasteiger partial charge in [0.05, 0.1) is 28.5 Å². The van der Waals surface area contributed by atoms with Gasteiger partial charge in [0, 0.05) is 0 Å². The molecule has 0 saturated carbocycles. The Morgan fingerprint density at radius 3 is 2.56 bits per heavy atom. The summed E-state index contributed by atoms with van der Waals surface area (Å²) in [6.45, 7) is 2.69. The predicted molar refractivity (Wildman–Crippen MR) is 89.7 cm³/mol. The highest BCUT2D eigenvalue weighted by Crippen LogP contribution is 2.18. The number of ether oxygens (including phenoxy) is 1. The van der Waals surface area contributed by atoms with E-state index < -0.39 is 28.3 Å². The van der Waals surface area contributed by atoms with Gasteiger partial charge in [-0.3, -0.25) is 4.79 Å². The second-order valence-corrected chi connectivity index (χ2v) is 7.53. The van der Waals surface area contributed by atoms with Crippen LogP contribution in [0.15, 0.2) is 52.0 Å². The van der Waals surface area contributed by atoms with E-state index in [1.165, 1.54) is 37.5 Å². The SMILES string of the molecule is CCS(=O)(=O)c1ccccc1C(=O)OCC(=O)N[C@@H](C)c1ccco1. The number of esters is 1. The molecule has 1 heterocycles. The van der Waals surface area contributed by atoms with Gasteiger partial charge in [-0.2, -0.15) is 0 Å². The van der Waals surface area contributed by atoms with Gasteiger partial charge in [-0.15, -0.1) is 0 Å². The normalized spacial score (nSPS) is 12.4. The van der Waals surface area contributed by atoms with Gasteiger partial charge in [-0.1, -0.05) is 19.1 Å². The molecule has 0 fully saturated rings. The number of rotatable bonds is 7. The third-order valence-corrected chi connectivity index (χ3v) is 5.29. The summed E-state index contributed by atoms with van der Waals surface area (Å²) < 4.78 is 34.2. The van der Waals surface area contributed by atoms with E-state index in [1.807, 2.05) is 0 Å². The first-order valence-corrected chi connectivity index (χ1v) is 9.32. The third kappa shape index (κ3) is 4.69. The molecular weight excluding hydrogens is 346 g/mol. The van der Waals surface area contributed by atoms with Gasteiger partial charge in [0.2, 0.25) is 0 Å². The number of benzene rings is 1. The van der Waals surface area contributed by atoms with Crippen molar-refractivity contribution in [3.63, 3.8) is 0 Å². The molecule has 1 aromatic heterocycles. The molecule has 0 spiro atoms. The minimum atomic E-state index is -3.57. The molecule has 1 N–H and O–H groups in total. The van der Waals surface area contributed by atoms with Crippen LogP contribution >= 0.6 is 0 Å². The van der Waals surface area contributed by atoms with Crippen LogP contribution in [0, 0.1) is 0 Å². The lowest BCUT2D eigenvalue weighted by atomic mass is 10.2. The van der Waals surface area contributed by atoms with E-state index >= 15 is 0 Å². The zero-order valence-electron chi connectivity index (χ0n) is 13.9. The summed E-state index contributed by atoms with van der Waals surface area (Å²) in [5.41, 5.74) is -0.0868. The molecule has 8 heteroatoms. The molecular formula is C17H19NO6S. The average molecular weight is 365 g/mol. The Labute approximate surface area is 145 Å². The minimum Gasteiger partial charge on any atom is -0.467 e. The first-order valence-electron chi connectivity index (χ1n) is 7.67. The van der Waals surface area contributed by atoms with Gasteiger partial charge in [-0.05, 0) is 31.2 Å². The van der Waals surface area contributed by atoms with Crippen LogP contribution in [0.2, 0.25) is 0 Å². The summed E-state index contributed by atoms with van der Waals surface area (Å²) in [4.78, 5) is 23.9. The molecule has 2 rings (SSSR count). The molecule has 1 amide bonds. The second kappa shape index (κ2) is 7.98. The molecule has 1 atom stereocenters. The number of carbonyl (C=O) groups is 2. The van der Waals surface area contributed by atoms with Crippen molar-refractivity contribution >= 4 is 21.7 Å². The van der Waals surface area contributed by atoms with E-state index in [2.05, 4.69) is 5.32 Å². The molecule has 7 nitrogen and oxygen atoms in total. The lowest BCUT2D eigenvalue weighted by Gasteiger charge is -2.12. The fourth-order valence-electron chi connectivity index (χ4n) is 2.16. The molecule has 2 aromatic rings. The maximum Gasteiger partial charge on any atom is 0.339 e. The van der Waals surface area contributed by atoms with Crippen LogP contribution in [-0.4, -0.2) is 32.7 Å². The maximum atomic E-state index is 12.2. The van der Waals surface area contributed by atoms with E-state index in [4.69, 9.17) is 9.15 Å². The van der Waals surface area contributed by atoms with Crippen molar-refractivity contribution in [2.45, 2.75) is 24.8 Å². The molecule has 0 aliphatic rings. The van der Waals surface area contributed by atoms with Crippen LogP contribution in [0.3, 0.4) is 0 Å². The Morgan fingerprint density at radius 2 is 1.92 bits per heavy atom. The molecule has 0 aliphatic carbocycles. The Balaban J connectivity index is 2.00. The van der Waals surface area contributed by atoms with Gasteiger partial charge >= 0.3 is 5.97 Å². The number of nitrogens with one attached hydrogen (secondary N) is 1. The number of hydrogen-bond acceptors (Lipinski definition) is 6. The lowest BCUT2D eigenvalue weighted by molar-refractivity contribution is -0.125. The van der Waals surface area contributed by atoms with Gasteiger partial charge < -0.3 is 14.5 Å². The van der Waals surface area contributed by atoms with Gasteiger partial charge in [-0.25, -0.2) is 13.2 Å². The summed E-state index contributed by atoms with van der Waals surface area (Å²) in [7, 11) is -3.57. The van der Waals surface area contributed by atoms with Crippen molar-refractivity contribution in [2.24, 2.45) is 0 Å². The zero-order chi connectivity index (χ0) is 18.4. The van der Waals surface area contributed by atoms with Crippen LogP contribution in [0.5, 0.6) is 0 Å². The molecule has 1 aromatic carbocycles. The van der Waals surface area contributed by atoms with Crippen molar-refractivity contribution in [3.05, 3.63) is 54.0 Å². The van der Waals surface area contributed by atoms with Crippen LogP contribution in [0.25, 0.3) is 0 Å². The molecule has 25 heavy (non-hydrogen) atoms. The lowest BCUT2D eigenvalue weighted by Crippen LogP contribution is -2.31. The molecule has 0 aliphatic heterocycles. The summed E-state index contributed by atoms with van der Waals surface area (Å²) in [5.74, 6) is -0.959. The van der Waals surface area contributed by atoms with Gasteiger partial charge in [0.25, 0.3) is 5.91 Å². The Hall–Kier alpha value is -2.61. The molecule has 0 radical (unpaired) electrons. The highest BCUT2D eigenvalue weighted by molar-refractivity contribution is 7.91. The zero-order valence-corrected chi connectivity index (χ0v) is 14.7. The Bertz CT molecular complexity index is 842. The van der Waals surface area contributed by atoms with E-state index in [-0.39, 0.29) is 22.3 Å². The Morgan fingerprint density at radius 1 is 1.20 bits per heavy atom. The first-order chi connectivity index (χ1) is 11.8. The number of carbonyl (C=O) groups excluding carboxylic acids is 2. The standard InChI is InChI=1S/C17H19NO6S/c1-3-25(21,22)15-9-5-4-7-13(15)17(20)24-11-16(19)18-12(2)14-8-6-10-23-14/h4-10,12H,3,11H2,1-2H3,(H,18,19)/t12-/m0/s1. The minimum absolute atomic E-state index is 0.0868. The monoisotopic (exact) mass is 365 g/mol. The van der Waals surface area contributed by atoms with Crippen LogP contribution in [0.1, 0.15) is 36.0 Å². The molecule has 0 saturated heterocycles. The smallest absolute Gasteiger partial charge is 0.339 e. The van der Waals surface area contributed by atoms with Crippen molar-refractivity contribution < 1.29 is 27.2 Å². The van der Waals surface area contributed by atoms with Gasteiger partial charge in [0.15, 0.2) is 16.4 Å². The van der Waals surface area contributed by atoms with E-state index in [9.17, 15) is 18.0 Å². The molecule has 134 valence electrons. The van der Waals surface area contributed by atoms with Crippen molar-refractivity contribution in [1.82, 2.24) is 5.32 Å². The van der Waals surface area contributed by atoms with Crippen molar-refractivity contribution in [1.29, 1.82) is 0 Å². The predicted octanol–water partition coefficient (Wildman–Crippen LogP) is 2.11.